The number of hydrogen-bond acceptors (Lipinski definition) is 0. The Kier molecular flexibility index (Phi) is 9.23. The molecule has 14 aromatic rings. The number of fused-ring (bicyclic) bond motifs is 10. The van der Waals surface area contributed by atoms with Crippen molar-refractivity contribution in [3.05, 3.63) is 273 Å². The molecule has 0 N–H and O–H groups in total. The Labute approximate surface area is 407 Å². The second-order valence-electron chi connectivity index (χ2n) is 18.4. The minimum absolute atomic E-state index is 1.14. The topological polar surface area (TPSA) is 14.8 Å². The van der Waals surface area contributed by atoms with E-state index in [4.69, 9.17) is 0 Å². The molecule has 0 saturated heterocycles. The van der Waals surface area contributed by atoms with Crippen molar-refractivity contribution >= 4 is 94.2 Å². The third-order valence-corrected chi connectivity index (χ3v) is 19.5. The lowest BCUT2D eigenvalue weighted by atomic mass is 10.0. The first kappa shape index (κ1) is 40.1. The molecule has 0 radical (unpaired) electrons. The molecule has 0 saturated carbocycles. The fourth-order valence-corrected chi connectivity index (χ4v) is 16.6. The molecule has 3 aromatic heterocycles. The minimum Gasteiger partial charge on any atom is -0.309 e. The average molecular weight is 908 g/mol. The van der Waals surface area contributed by atoms with E-state index in [2.05, 4.69) is 287 Å². The molecule has 70 heavy (non-hydrogen) atoms. The van der Waals surface area contributed by atoms with Gasteiger partial charge < -0.3 is 13.7 Å². The van der Waals surface area contributed by atoms with Crippen molar-refractivity contribution in [1.29, 1.82) is 0 Å². The Balaban J connectivity index is 0.961. The van der Waals surface area contributed by atoms with Crippen LogP contribution in [-0.2, 0) is 0 Å². The van der Waals surface area contributed by atoms with Gasteiger partial charge in [-0.15, -0.1) is 0 Å². The number of hydrogen-bond donors (Lipinski definition) is 0. The lowest BCUT2D eigenvalue weighted by Crippen LogP contribution is -2.74. The number of aromatic nitrogens is 3. The molecule has 0 bridgehead atoms. The summed E-state index contributed by atoms with van der Waals surface area (Å²) in [7, 11) is -2.93. The lowest BCUT2D eigenvalue weighted by Gasteiger charge is -2.35. The maximum absolute atomic E-state index is 2.93. The maximum Gasteiger partial charge on any atom is 0.179 e. The van der Waals surface area contributed by atoms with Crippen molar-refractivity contribution in [3.63, 3.8) is 0 Å². The second-order valence-corrected chi connectivity index (χ2v) is 22.2. The summed E-state index contributed by atoms with van der Waals surface area (Å²) in [6, 6.07) is 101. The molecular formula is C66H45N3Si. The quantitative estimate of drug-likeness (QED) is 0.107. The summed E-state index contributed by atoms with van der Waals surface area (Å²) in [6.07, 6.45) is 0. The van der Waals surface area contributed by atoms with Crippen molar-refractivity contribution in [3.8, 4) is 28.2 Å². The molecule has 0 aliphatic heterocycles. The van der Waals surface area contributed by atoms with E-state index in [-0.39, 0.29) is 0 Å². The molecule has 4 heteroatoms. The molecule has 3 heterocycles. The molecule has 0 unspecified atom stereocenters. The summed E-state index contributed by atoms with van der Waals surface area (Å²) in [5, 5.41) is 12.9. The first-order valence-corrected chi connectivity index (χ1v) is 26.2. The summed E-state index contributed by atoms with van der Waals surface area (Å²) in [5.74, 6) is 0. The Bertz CT molecular complexity index is 4220. The molecule has 0 amide bonds. The zero-order valence-electron chi connectivity index (χ0n) is 38.3. The van der Waals surface area contributed by atoms with E-state index in [0.29, 0.717) is 0 Å². The van der Waals surface area contributed by atoms with Crippen LogP contribution in [0.2, 0.25) is 0 Å². The van der Waals surface area contributed by atoms with Crippen molar-refractivity contribution < 1.29 is 0 Å². The summed E-state index contributed by atoms with van der Waals surface area (Å²) < 4.78 is 7.28. The molecule has 0 fully saturated rings. The van der Waals surface area contributed by atoms with E-state index in [9.17, 15) is 0 Å². The Morgan fingerprint density at radius 2 is 0.586 bits per heavy atom. The molecule has 0 aliphatic carbocycles. The van der Waals surface area contributed by atoms with Gasteiger partial charge >= 0.3 is 0 Å². The van der Waals surface area contributed by atoms with E-state index in [1.54, 1.807) is 0 Å². The van der Waals surface area contributed by atoms with Crippen LogP contribution in [-0.4, -0.2) is 21.8 Å². The van der Waals surface area contributed by atoms with Crippen LogP contribution in [0.3, 0.4) is 0 Å². The highest BCUT2D eigenvalue weighted by Crippen LogP contribution is 2.42. The van der Waals surface area contributed by atoms with E-state index >= 15 is 0 Å². The van der Waals surface area contributed by atoms with Crippen molar-refractivity contribution in [2.75, 3.05) is 0 Å². The first-order valence-electron chi connectivity index (χ1n) is 24.2. The summed E-state index contributed by atoms with van der Waals surface area (Å²) >= 11 is 0. The van der Waals surface area contributed by atoms with Gasteiger partial charge in [-0.05, 0) is 111 Å². The van der Waals surface area contributed by atoms with Crippen LogP contribution in [0.15, 0.2) is 273 Å². The average Bonchev–Trinajstić information content (AvgIpc) is 4.08. The highest BCUT2D eigenvalue weighted by molar-refractivity contribution is 7.20. The largest absolute Gasteiger partial charge is 0.309 e. The normalized spacial score (nSPS) is 12.0. The number of para-hydroxylation sites is 5. The van der Waals surface area contributed by atoms with Crippen LogP contribution in [0, 0.1) is 0 Å². The Morgan fingerprint density at radius 3 is 1.13 bits per heavy atom. The van der Waals surface area contributed by atoms with Gasteiger partial charge in [0.05, 0.1) is 33.1 Å². The molecule has 0 atom stereocenters. The van der Waals surface area contributed by atoms with Gasteiger partial charge in [0.2, 0.25) is 0 Å². The van der Waals surface area contributed by atoms with Crippen molar-refractivity contribution in [2.45, 2.75) is 0 Å². The second kappa shape index (κ2) is 16.1. The SMILES string of the molecule is c1ccc(-n2c3ccccc3c3cc(-c4cccc([Si](c5ccccc5)(c5ccccc5)c5ccc(-n6c7ccccc7c7c8c9ccccc9n(-c9ccccc9)c8ccc76)cc5)c4)ccc32)cc1. The van der Waals surface area contributed by atoms with Gasteiger partial charge in [-0.2, -0.15) is 0 Å². The fourth-order valence-electron chi connectivity index (χ4n) is 11.8. The number of rotatable bonds is 8. The van der Waals surface area contributed by atoms with Gasteiger partial charge in [0, 0.05) is 49.4 Å². The molecule has 0 aliphatic rings. The van der Waals surface area contributed by atoms with E-state index in [1.807, 2.05) is 0 Å². The highest BCUT2D eigenvalue weighted by atomic mass is 28.3. The van der Waals surface area contributed by atoms with Gasteiger partial charge in [-0.3, -0.25) is 0 Å². The molecule has 11 aromatic carbocycles. The predicted octanol–water partition coefficient (Wildman–Crippen LogP) is 14.0. The predicted molar refractivity (Wildman–Crippen MR) is 299 cm³/mol. The Morgan fingerprint density at radius 1 is 0.214 bits per heavy atom. The number of nitrogens with zero attached hydrogens (tertiary/aromatic N) is 3. The van der Waals surface area contributed by atoms with Crippen LogP contribution in [0.4, 0.5) is 0 Å². The van der Waals surface area contributed by atoms with Crippen LogP contribution in [0.5, 0.6) is 0 Å². The van der Waals surface area contributed by atoms with Gasteiger partial charge in [0.25, 0.3) is 0 Å². The summed E-state index contributed by atoms with van der Waals surface area (Å²) in [5.41, 5.74) is 13.1. The van der Waals surface area contributed by atoms with E-state index in [1.165, 1.54) is 103 Å². The molecule has 14 rings (SSSR count). The third-order valence-electron chi connectivity index (χ3n) is 14.8. The minimum atomic E-state index is -2.93. The Hall–Kier alpha value is -8.96. The third kappa shape index (κ3) is 6.00. The standard InChI is InChI=1S/C66H45N3Si/c1-5-21-48(22-6-1)67-59-33-16-13-30-55(59)58-45-47(36-41-62(58)67)46-20-19-29-54(44-46)70(51-25-9-3-10-26-51,52-27-11-4-12-28-52)53-39-37-50(38-40-53)69-61-35-18-15-32-57(61)66-64(69)43-42-63-65(66)56-31-14-17-34-60(56)68(63)49-23-7-2-8-24-49/h1-45H. The maximum atomic E-state index is 2.49. The van der Waals surface area contributed by atoms with Crippen LogP contribution in [0.1, 0.15) is 0 Å². The van der Waals surface area contributed by atoms with Crippen molar-refractivity contribution in [2.24, 2.45) is 0 Å². The summed E-state index contributed by atoms with van der Waals surface area (Å²) in [6.45, 7) is 0. The summed E-state index contributed by atoms with van der Waals surface area (Å²) in [4.78, 5) is 0. The van der Waals surface area contributed by atoms with Gasteiger partial charge in [-0.25, -0.2) is 0 Å². The fraction of sp³-hybridized carbons (Fsp3) is 0. The zero-order chi connectivity index (χ0) is 46.2. The highest BCUT2D eigenvalue weighted by Gasteiger charge is 2.41. The van der Waals surface area contributed by atoms with Crippen molar-refractivity contribution in [1.82, 2.24) is 13.7 Å². The lowest BCUT2D eigenvalue weighted by molar-refractivity contribution is 1.17. The molecular weight excluding hydrogens is 863 g/mol. The monoisotopic (exact) mass is 907 g/mol. The van der Waals surface area contributed by atoms with Crippen LogP contribution in [0.25, 0.3) is 93.6 Å². The van der Waals surface area contributed by atoms with Crippen LogP contribution < -0.4 is 20.7 Å². The molecule has 328 valence electrons. The van der Waals surface area contributed by atoms with Gasteiger partial charge in [0.1, 0.15) is 0 Å². The van der Waals surface area contributed by atoms with Crippen LogP contribution >= 0.6 is 0 Å². The molecule has 3 nitrogen and oxygen atoms in total. The van der Waals surface area contributed by atoms with Gasteiger partial charge in [0.15, 0.2) is 8.07 Å². The first-order chi connectivity index (χ1) is 34.8. The zero-order valence-corrected chi connectivity index (χ0v) is 39.3. The molecule has 0 spiro atoms. The number of benzene rings is 11. The van der Waals surface area contributed by atoms with Gasteiger partial charge in [-0.1, -0.05) is 194 Å². The smallest absolute Gasteiger partial charge is 0.179 e. The van der Waals surface area contributed by atoms with E-state index in [0.717, 1.165) is 11.4 Å². The van der Waals surface area contributed by atoms with E-state index < -0.39 is 8.07 Å².